The van der Waals surface area contributed by atoms with Gasteiger partial charge in [-0.05, 0) is 49.4 Å². The van der Waals surface area contributed by atoms with E-state index in [2.05, 4.69) is 22.2 Å². The predicted octanol–water partition coefficient (Wildman–Crippen LogP) is 3.83. The van der Waals surface area contributed by atoms with E-state index >= 15 is 0 Å². The minimum Gasteiger partial charge on any atom is -0.486 e. The van der Waals surface area contributed by atoms with E-state index in [1.165, 1.54) is 11.3 Å². The molecule has 0 aliphatic heterocycles. The number of aromatic nitrogens is 3. The van der Waals surface area contributed by atoms with Crippen LogP contribution in [0.1, 0.15) is 40.1 Å². The molecule has 0 bridgehead atoms. The first kappa shape index (κ1) is 17.7. The van der Waals surface area contributed by atoms with Crippen LogP contribution >= 0.6 is 11.3 Å². The second kappa shape index (κ2) is 7.52. The molecular weight excluding hydrogens is 360 g/mol. The number of nitrogens with zero attached hydrogens (tertiary/aromatic N) is 3. The second-order valence-corrected chi connectivity index (χ2v) is 8.04. The number of hydrogen-bond acceptors (Lipinski definition) is 5. The highest BCUT2D eigenvalue weighted by Crippen LogP contribution is 2.32. The van der Waals surface area contributed by atoms with Crippen molar-refractivity contribution < 1.29 is 9.53 Å². The Bertz CT molecular complexity index is 945. The second-order valence-electron chi connectivity index (χ2n) is 6.96. The van der Waals surface area contributed by atoms with Crippen LogP contribution in [-0.4, -0.2) is 20.4 Å². The van der Waals surface area contributed by atoms with Crippen molar-refractivity contribution in [3.05, 3.63) is 58.6 Å². The lowest BCUT2D eigenvalue weighted by Gasteiger charge is -2.15. The number of benzene rings is 1. The Morgan fingerprint density at radius 1 is 1.37 bits per heavy atom. The normalized spacial score (nSPS) is 16.0. The van der Waals surface area contributed by atoms with Crippen molar-refractivity contribution in [2.24, 2.45) is 13.0 Å². The van der Waals surface area contributed by atoms with Crippen LogP contribution < -0.4 is 10.1 Å². The molecule has 1 atom stereocenters. The summed E-state index contributed by atoms with van der Waals surface area (Å²) < 4.78 is 7.64. The molecule has 1 aromatic carbocycles. The molecule has 2 aromatic heterocycles. The Kier molecular flexibility index (Phi) is 4.94. The van der Waals surface area contributed by atoms with E-state index in [4.69, 9.17) is 4.74 Å². The molecule has 0 spiro atoms. The number of aryl methyl sites for hydroxylation is 2. The van der Waals surface area contributed by atoms with Gasteiger partial charge in [0, 0.05) is 29.9 Å². The SMILES string of the molecule is C[C@@H]1CCc2nc(NC(=O)c3ccc(OCc4nccn4C)cc3)sc2C1. The van der Waals surface area contributed by atoms with Crippen LogP contribution in [0.3, 0.4) is 0 Å². The van der Waals surface area contributed by atoms with Crippen LogP contribution in [0, 0.1) is 5.92 Å². The van der Waals surface area contributed by atoms with E-state index in [1.807, 2.05) is 17.8 Å². The molecule has 0 unspecified atom stereocenters. The zero-order valence-electron chi connectivity index (χ0n) is 15.4. The van der Waals surface area contributed by atoms with Gasteiger partial charge in [-0.3, -0.25) is 10.1 Å². The molecule has 0 radical (unpaired) electrons. The Morgan fingerprint density at radius 2 is 2.19 bits per heavy atom. The summed E-state index contributed by atoms with van der Waals surface area (Å²) in [6.07, 6.45) is 6.85. The number of carbonyl (C=O) groups is 1. The number of fused-ring (bicyclic) bond motifs is 1. The molecular formula is C20H22N4O2S. The maximum absolute atomic E-state index is 12.5. The quantitative estimate of drug-likeness (QED) is 0.728. The highest BCUT2D eigenvalue weighted by atomic mass is 32.1. The van der Waals surface area contributed by atoms with Gasteiger partial charge in [0.25, 0.3) is 5.91 Å². The van der Waals surface area contributed by atoms with Gasteiger partial charge >= 0.3 is 0 Å². The van der Waals surface area contributed by atoms with Crippen molar-refractivity contribution in [2.75, 3.05) is 5.32 Å². The molecule has 140 valence electrons. The average Bonchev–Trinajstić information content (AvgIpc) is 3.25. The van der Waals surface area contributed by atoms with Gasteiger partial charge in [0.2, 0.25) is 0 Å². The molecule has 6 nitrogen and oxygen atoms in total. The van der Waals surface area contributed by atoms with Crippen LogP contribution in [-0.2, 0) is 26.5 Å². The highest BCUT2D eigenvalue weighted by molar-refractivity contribution is 7.15. The topological polar surface area (TPSA) is 69.0 Å². The van der Waals surface area contributed by atoms with Crippen LogP contribution in [0.15, 0.2) is 36.7 Å². The standard InChI is InChI=1S/C20H22N4O2S/c1-13-3-8-16-17(11-13)27-20(22-16)23-19(25)14-4-6-15(7-5-14)26-12-18-21-9-10-24(18)2/h4-7,9-10,13H,3,8,11-12H2,1-2H3,(H,22,23,25)/t13-/m1/s1. The molecule has 0 fully saturated rings. The smallest absolute Gasteiger partial charge is 0.257 e. The molecule has 27 heavy (non-hydrogen) atoms. The van der Waals surface area contributed by atoms with Gasteiger partial charge in [-0.15, -0.1) is 11.3 Å². The summed E-state index contributed by atoms with van der Waals surface area (Å²) in [5, 5.41) is 3.61. The van der Waals surface area contributed by atoms with Crippen molar-refractivity contribution in [1.29, 1.82) is 0 Å². The number of carbonyl (C=O) groups excluding carboxylic acids is 1. The van der Waals surface area contributed by atoms with E-state index in [9.17, 15) is 4.79 Å². The van der Waals surface area contributed by atoms with Crippen LogP contribution in [0.5, 0.6) is 5.75 Å². The lowest BCUT2D eigenvalue weighted by atomic mass is 9.93. The average molecular weight is 382 g/mol. The summed E-state index contributed by atoms with van der Waals surface area (Å²) in [5.74, 6) is 2.09. The number of amides is 1. The number of anilines is 1. The van der Waals surface area contributed by atoms with E-state index < -0.39 is 0 Å². The zero-order valence-corrected chi connectivity index (χ0v) is 16.3. The Balaban J connectivity index is 1.37. The van der Waals surface area contributed by atoms with Crippen molar-refractivity contribution in [3.8, 4) is 5.75 Å². The minimum atomic E-state index is -0.148. The predicted molar refractivity (Wildman–Crippen MR) is 105 cm³/mol. The molecule has 2 heterocycles. The molecule has 0 saturated carbocycles. The summed E-state index contributed by atoms with van der Waals surface area (Å²) in [6, 6.07) is 7.12. The minimum absolute atomic E-state index is 0.148. The third kappa shape index (κ3) is 4.03. The molecule has 3 aromatic rings. The van der Waals surface area contributed by atoms with Crippen molar-refractivity contribution >= 4 is 22.4 Å². The van der Waals surface area contributed by atoms with Crippen molar-refractivity contribution in [1.82, 2.24) is 14.5 Å². The van der Waals surface area contributed by atoms with Gasteiger partial charge < -0.3 is 9.30 Å². The Labute approximate surface area is 162 Å². The maximum Gasteiger partial charge on any atom is 0.257 e. The number of nitrogens with one attached hydrogen (secondary N) is 1. The first-order valence-electron chi connectivity index (χ1n) is 9.07. The van der Waals surface area contributed by atoms with Crippen LogP contribution in [0.25, 0.3) is 0 Å². The van der Waals surface area contributed by atoms with E-state index in [0.717, 1.165) is 24.4 Å². The maximum atomic E-state index is 12.5. The fourth-order valence-electron chi connectivity index (χ4n) is 3.15. The fraction of sp³-hybridized carbons (Fsp3) is 0.350. The fourth-order valence-corrected chi connectivity index (χ4v) is 4.31. The van der Waals surface area contributed by atoms with Gasteiger partial charge in [-0.25, -0.2) is 9.97 Å². The molecule has 1 amide bonds. The zero-order chi connectivity index (χ0) is 18.8. The van der Waals surface area contributed by atoms with E-state index in [0.29, 0.717) is 29.0 Å². The van der Waals surface area contributed by atoms with Crippen molar-refractivity contribution in [3.63, 3.8) is 0 Å². The molecule has 1 aliphatic carbocycles. The summed E-state index contributed by atoms with van der Waals surface area (Å²) >= 11 is 1.60. The van der Waals surface area contributed by atoms with E-state index in [-0.39, 0.29) is 5.91 Å². The lowest BCUT2D eigenvalue weighted by Crippen LogP contribution is -2.12. The largest absolute Gasteiger partial charge is 0.486 e. The number of thiazole rings is 1. The van der Waals surface area contributed by atoms with Gasteiger partial charge in [0.05, 0.1) is 5.69 Å². The van der Waals surface area contributed by atoms with Gasteiger partial charge in [-0.1, -0.05) is 6.92 Å². The summed E-state index contributed by atoms with van der Waals surface area (Å²) in [7, 11) is 1.93. The third-order valence-corrected chi connectivity index (χ3v) is 5.85. The molecule has 0 saturated heterocycles. The van der Waals surface area contributed by atoms with Gasteiger partial charge in [0.1, 0.15) is 18.2 Å². The lowest BCUT2D eigenvalue weighted by molar-refractivity contribution is 0.102. The number of rotatable bonds is 5. The summed E-state index contributed by atoms with van der Waals surface area (Å²) in [4.78, 5) is 22.6. The Morgan fingerprint density at radius 3 is 2.93 bits per heavy atom. The first-order chi connectivity index (χ1) is 13.1. The number of imidazole rings is 1. The molecule has 7 heteroatoms. The summed E-state index contributed by atoms with van der Waals surface area (Å²) in [6.45, 7) is 2.65. The van der Waals surface area contributed by atoms with Gasteiger partial charge in [0.15, 0.2) is 5.13 Å². The first-order valence-corrected chi connectivity index (χ1v) is 9.89. The monoisotopic (exact) mass is 382 g/mol. The number of ether oxygens (including phenoxy) is 1. The van der Waals surface area contributed by atoms with Crippen LogP contribution in [0.2, 0.25) is 0 Å². The van der Waals surface area contributed by atoms with E-state index in [1.54, 1.807) is 41.8 Å². The molecule has 1 aliphatic rings. The molecule has 1 N–H and O–H groups in total. The Hall–Kier alpha value is -2.67. The third-order valence-electron chi connectivity index (χ3n) is 4.81. The highest BCUT2D eigenvalue weighted by Gasteiger charge is 2.20. The van der Waals surface area contributed by atoms with Crippen molar-refractivity contribution in [2.45, 2.75) is 32.8 Å². The van der Waals surface area contributed by atoms with Gasteiger partial charge in [-0.2, -0.15) is 0 Å². The number of hydrogen-bond donors (Lipinski definition) is 1. The molecule has 4 rings (SSSR count). The van der Waals surface area contributed by atoms with Crippen LogP contribution in [0.4, 0.5) is 5.13 Å². The summed E-state index contributed by atoms with van der Waals surface area (Å²) in [5.41, 5.74) is 1.73.